The van der Waals surface area contributed by atoms with Gasteiger partial charge in [-0.1, -0.05) is 7.43 Å². The molecule has 2 N–H and O–H groups in total. The van der Waals surface area contributed by atoms with Gasteiger partial charge in [-0.15, -0.1) is 0 Å². The van der Waals surface area contributed by atoms with Gasteiger partial charge in [-0.2, -0.15) is 9.54 Å². The Morgan fingerprint density at radius 2 is 2.06 bits per heavy atom. The molecule has 6 heteroatoms. The Kier molecular flexibility index (Phi) is 2.77. The molecule has 0 radical (unpaired) electrons. The quantitative estimate of drug-likeness (QED) is 0.648. The molecular formula is C12H17ClN3OS+. The second kappa shape index (κ2) is 3.99. The first-order valence-electron chi connectivity index (χ1n) is 5.90. The van der Waals surface area contributed by atoms with Crippen molar-refractivity contribution in [3.8, 4) is 0 Å². The second-order valence-corrected chi connectivity index (χ2v) is 7.20. The first-order chi connectivity index (χ1) is 8.15. The Bertz CT molecular complexity index is 493. The van der Waals surface area contributed by atoms with Gasteiger partial charge in [-0.25, -0.2) is 4.98 Å². The summed E-state index contributed by atoms with van der Waals surface area (Å²) >= 11 is 5.23. The highest BCUT2D eigenvalue weighted by Crippen LogP contribution is 2.58. The van der Waals surface area contributed by atoms with Gasteiger partial charge in [-0.05, 0) is 36.8 Å². The number of aryl methyl sites for hydroxylation is 1. The first kappa shape index (κ1) is 12.5. The number of hydrogen-bond acceptors (Lipinski definition) is 4. The van der Waals surface area contributed by atoms with Crippen molar-refractivity contribution in [2.24, 2.45) is 5.92 Å². The van der Waals surface area contributed by atoms with Crippen molar-refractivity contribution in [1.82, 2.24) is 9.97 Å². The molecule has 2 bridgehead atoms. The summed E-state index contributed by atoms with van der Waals surface area (Å²) in [5.41, 5.74) is 1.17. The summed E-state index contributed by atoms with van der Waals surface area (Å²) in [4.78, 5) is 9.39. The molecule has 0 spiro atoms. The monoisotopic (exact) mass is 286 g/mol. The van der Waals surface area contributed by atoms with E-state index in [0.717, 1.165) is 34.5 Å². The van der Waals surface area contributed by atoms with Gasteiger partial charge in [0, 0.05) is 12.0 Å². The van der Waals surface area contributed by atoms with Gasteiger partial charge in [-0.3, -0.25) is 0 Å². The number of anilines is 1. The highest BCUT2D eigenvalue weighted by molar-refractivity contribution is 7.92. The molecule has 4 aliphatic rings. The van der Waals surface area contributed by atoms with E-state index < -0.39 is 11.2 Å². The predicted molar refractivity (Wildman–Crippen MR) is 74.3 cm³/mol. The van der Waals surface area contributed by atoms with Crippen LogP contribution in [0.4, 0.5) is 5.82 Å². The van der Waals surface area contributed by atoms with Gasteiger partial charge in [0.25, 0.3) is 4.90 Å². The zero-order valence-electron chi connectivity index (χ0n) is 9.24. The van der Waals surface area contributed by atoms with E-state index in [9.17, 15) is 4.55 Å². The normalized spacial score (nSPS) is 35.0. The molecule has 1 aromatic heterocycles. The van der Waals surface area contributed by atoms with Crippen molar-refractivity contribution in [3.63, 3.8) is 0 Å². The average Bonchev–Trinajstić information content (AvgIpc) is 2.51. The van der Waals surface area contributed by atoms with Crippen LogP contribution in [0.3, 0.4) is 0 Å². The molecule has 1 atom stereocenters. The minimum atomic E-state index is -0.709. The fourth-order valence-corrected chi connectivity index (χ4v) is 4.66. The maximum atomic E-state index is 10.0. The lowest BCUT2D eigenvalue weighted by molar-refractivity contribution is 0.00157. The van der Waals surface area contributed by atoms with Crippen LogP contribution in [-0.2, 0) is 17.6 Å². The molecule has 3 saturated carbocycles. The van der Waals surface area contributed by atoms with Crippen molar-refractivity contribution < 1.29 is 4.55 Å². The van der Waals surface area contributed by atoms with E-state index in [1.807, 2.05) is 0 Å². The molecule has 1 aliphatic heterocycles. The molecule has 0 saturated heterocycles. The number of fused-ring (bicyclic) bond motifs is 1. The smallest absolute Gasteiger partial charge is 0.253 e. The maximum Gasteiger partial charge on any atom is 0.253 e. The van der Waals surface area contributed by atoms with Crippen molar-refractivity contribution >= 4 is 28.6 Å². The van der Waals surface area contributed by atoms with Gasteiger partial charge >= 0.3 is 0 Å². The van der Waals surface area contributed by atoms with Crippen LogP contribution in [0.25, 0.3) is 0 Å². The van der Waals surface area contributed by atoms with E-state index in [1.54, 1.807) is 0 Å². The summed E-state index contributed by atoms with van der Waals surface area (Å²) in [6, 6.07) is 0. The molecule has 5 rings (SSSR count). The van der Waals surface area contributed by atoms with Crippen molar-refractivity contribution in [2.45, 2.75) is 43.5 Å². The van der Waals surface area contributed by atoms with Gasteiger partial charge < -0.3 is 5.32 Å². The standard InChI is InChI=1S/C11H13ClN3OS.CH4/c12-10-13-7-1-2-17(16)8(7)9(14-10)15-11-3-6(4-11)5-11;/h6,16H,1-5H2,(H,13,14,15);1H4/q+1;. The van der Waals surface area contributed by atoms with Crippen molar-refractivity contribution in [1.29, 1.82) is 0 Å². The third-order valence-electron chi connectivity index (χ3n) is 4.10. The van der Waals surface area contributed by atoms with Crippen LogP contribution in [-0.4, -0.2) is 25.8 Å². The third-order valence-corrected chi connectivity index (χ3v) is 5.76. The number of nitrogens with zero attached hydrogens (tertiary/aromatic N) is 2. The highest BCUT2D eigenvalue weighted by Gasteiger charge is 2.57. The Balaban J connectivity index is 0.000001000. The van der Waals surface area contributed by atoms with Gasteiger partial charge in [0.15, 0.2) is 22.7 Å². The highest BCUT2D eigenvalue weighted by atomic mass is 35.5. The zero-order chi connectivity index (χ0) is 11.6. The molecule has 0 amide bonds. The molecule has 2 heterocycles. The summed E-state index contributed by atoms with van der Waals surface area (Å²) in [5.74, 6) is 2.45. The van der Waals surface area contributed by atoms with Crippen LogP contribution in [0, 0.1) is 5.92 Å². The molecule has 3 aliphatic carbocycles. The number of halogens is 1. The van der Waals surface area contributed by atoms with E-state index in [-0.39, 0.29) is 18.2 Å². The average molecular weight is 287 g/mol. The third kappa shape index (κ3) is 1.64. The molecule has 4 nitrogen and oxygen atoms in total. The van der Waals surface area contributed by atoms with E-state index in [4.69, 9.17) is 11.6 Å². The predicted octanol–water partition coefficient (Wildman–Crippen LogP) is 2.74. The fourth-order valence-electron chi connectivity index (χ4n) is 3.15. The number of rotatable bonds is 2. The van der Waals surface area contributed by atoms with Gasteiger partial charge in [0.05, 0.1) is 0 Å². The van der Waals surface area contributed by atoms with E-state index in [0.29, 0.717) is 0 Å². The summed E-state index contributed by atoms with van der Waals surface area (Å²) < 4.78 is 10.0. The largest absolute Gasteiger partial charge is 0.360 e. The Labute approximate surface area is 115 Å². The Morgan fingerprint density at radius 1 is 1.33 bits per heavy atom. The van der Waals surface area contributed by atoms with Gasteiger partial charge in [0.2, 0.25) is 5.28 Å². The molecule has 98 valence electrons. The number of nitrogens with one attached hydrogen (secondary N) is 1. The minimum absolute atomic E-state index is 0. The van der Waals surface area contributed by atoms with Crippen LogP contribution in [0.1, 0.15) is 32.4 Å². The van der Waals surface area contributed by atoms with Gasteiger partial charge in [0.1, 0.15) is 5.69 Å². The minimum Gasteiger partial charge on any atom is -0.360 e. The molecule has 0 aromatic carbocycles. The maximum absolute atomic E-state index is 10.0. The van der Waals surface area contributed by atoms with Crippen molar-refractivity contribution in [3.05, 3.63) is 11.0 Å². The Hall–Kier alpha value is -0.520. The lowest BCUT2D eigenvalue weighted by atomic mass is 9.50. The van der Waals surface area contributed by atoms with Crippen LogP contribution < -0.4 is 5.32 Å². The summed E-state index contributed by atoms with van der Waals surface area (Å²) in [5, 5.41) is 3.79. The van der Waals surface area contributed by atoms with Crippen LogP contribution in [0.5, 0.6) is 0 Å². The van der Waals surface area contributed by atoms with E-state index >= 15 is 0 Å². The molecule has 1 unspecified atom stereocenters. The number of hydrogen-bond donors (Lipinski definition) is 2. The number of aromatic nitrogens is 2. The van der Waals surface area contributed by atoms with Crippen LogP contribution in [0.15, 0.2) is 4.90 Å². The lowest BCUT2D eigenvalue weighted by Gasteiger charge is -2.62. The fraction of sp³-hybridized carbons (Fsp3) is 0.667. The SMILES string of the molecule is C.O[S+]1CCc2nc(Cl)nc(NC34CC(C3)C4)c21. The molecule has 3 fully saturated rings. The summed E-state index contributed by atoms with van der Waals surface area (Å²) in [6.45, 7) is 0. The summed E-state index contributed by atoms with van der Waals surface area (Å²) in [7, 11) is 0. The van der Waals surface area contributed by atoms with Crippen LogP contribution >= 0.6 is 11.6 Å². The Morgan fingerprint density at radius 3 is 2.67 bits per heavy atom. The second-order valence-electron chi connectivity index (χ2n) is 5.32. The molecule has 1 aromatic rings. The molecular weight excluding hydrogens is 270 g/mol. The summed E-state index contributed by atoms with van der Waals surface area (Å²) in [6.07, 6.45) is 4.52. The van der Waals surface area contributed by atoms with E-state index in [1.165, 1.54) is 19.3 Å². The molecule has 18 heavy (non-hydrogen) atoms. The first-order valence-corrected chi connectivity index (χ1v) is 7.63. The van der Waals surface area contributed by atoms with Crippen molar-refractivity contribution in [2.75, 3.05) is 11.1 Å². The topological polar surface area (TPSA) is 58.0 Å². The van der Waals surface area contributed by atoms with E-state index in [2.05, 4.69) is 15.3 Å². The zero-order valence-corrected chi connectivity index (χ0v) is 10.8. The lowest BCUT2D eigenvalue weighted by Crippen LogP contribution is -2.63. The van der Waals surface area contributed by atoms with Crippen LogP contribution in [0.2, 0.25) is 5.28 Å².